The fraction of sp³-hybridized carbons (Fsp3) is 0.138. The van der Waals surface area contributed by atoms with Crippen molar-refractivity contribution in [2.75, 3.05) is 18.5 Å². The van der Waals surface area contributed by atoms with Crippen molar-refractivity contribution < 1.29 is 9.59 Å². The van der Waals surface area contributed by atoms with E-state index < -0.39 is 0 Å². The Morgan fingerprint density at radius 3 is 2.12 bits per heavy atom. The lowest BCUT2D eigenvalue weighted by atomic mass is 10.0. The van der Waals surface area contributed by atoms with Gasteiger partial charge in [0.1, 0.15) is 0 Å². The lowest BCUT2D eigenvalue weighted by Gasteiger charge is -2.22. The number of amides is 2. The molecule has 0 aliphatic rings. The molecule has 5 nitrogen and oxygen atoms in total. The molecule has 1 aromatic heterocycles. The standard InChI is InChI=1S/C29H27N3O2/c1-3-32(21-22-9-7-10-24(19-22)23-15-17-30-18-16-23)29(34)26-12-8-11-25(20-26)28(33)31(2)27-13-5-4-6-14-27/h4-20H,3,21H2,1-2H3. The number of carbonyl (C=O) groups excluding carboxylic acids is 2. The van der Waals surface area contributed by atoms with Gasteiger partial charge >= 0.3 is 0 Å². The lowest BCUT2D eigenvalue weighted by molar-refractivity contribution is 0.0752. The number of nitrogens with zero attached hydrogens (tertiary/aromatic N) is 3. The molecule has 0 atom stereocenters. The smallest absolute Gasteiger partial charge is 0.258 e. The second-order valence-electron chi connectivity index (χ2n) is 8.04. The highest BCUT2D eigenvalue weighted by molar-refractivity contribution is 6.07. The molecule has 0 aliphatic carbocycles. The van der Waals surface area contributed by atoms with Crippen molar-refractivity contribution >= 4 is 17.5 Å². The SMILES string of the molecule is CCN(Cc1cccc(-c2ccncc2)c1)C(=O)c1cccc(C(=O)N(C)c2ccccc2)c1. The zero-order valence-electron chi connectivity index (χ0n) is 19.4. The maximum atomic E-state index is 13.3. The van der Waals surface area contributed by atoms with Crippen LogP contribution in [0.4, 0.5) is 5.69 Å². The number of carbonyl (C=O) groups is 2. The predicted molar refractivity (Wildman–Crippen MR) is 136 cm³/mol. The first-order valence-corrected chi connectivity index (χ1v) is 11.3. The predicted octanol–water partition coefficient (Wildman–Crippen LogP) is 5.69. The van der Waals surface area contributed by atoms with Crippen LogP contribution in [0.2, 0.25) is 0 Å². The van der Waals surface area contributed by atoms with Crippen LogP contribution in [0.3, 0.4) is 0 Å². The maximum Gasteiger partial charge on any atom is 0.258 e. The third-order valence-electron chi connectivity index (χ3n) is 5.79. The number of benzene rings is 3. The molecule has 0 radical (unpaired) electrons. The van der Waals surface area contributed by atoms with Crippen LogP contribution in [-0.4, -0.2) is 35.3 Å². The van der Waals surface area contributed by atoms with Crippen molar-refractivity contribution in [2.24, 2.45) is 0 Å². The van der Waals surface area contributed by atoms with Gasteiger partial charge in [0.25, 0.3) is 11.8 Å². The van der Waals surface area contributed by atoms with Gasteiger partial charge in [-0.2, -0.15) is 0 Å². The van der Waals surface area contributed by atoms with Gasteiger partial charge in [-0.1, -0.05) is 42.5 Å². The van der Waals surface area contributed by atoms with E-state index in [0.717, 1.165) is 22.4 Å². The molecule has 34 heavy (non-hydrogen) atoms. The minimum Gasteiger partial charge on any atom is -0.335 e. The number of aromatic nitrogens is 1. The van der Waals surface area contributed by atoms with Gasteiger partial charge in [0, 0.05) is 49.3 Å². The lowest BCUT2D eigenvalue weighted by Crippen LogP contribution is -2.31. The van der Waals surface area contributed by atoms with E-state index in [1.165, 1.54) is 0 Å². The molecule has 0 N–H and O–H groups in total. The summed E-state index contributed by atoms with van der Waals surface area (Å²) in [4.78, 5) is 33.8. The Balaban J connectivity index is 1.52. The first-order chi connectivity index (χ1) is 16.6. The van der Waals surface area contributed by atoms with Crippen LogP contribution in [0.5, 0.6) is 0 Å². The molecular weight excluding hydrogens is 422 g/mol. The van der Waals surface area contributed by atoms with E-state index in [9.17, 15) is 9.59 Å². The molecule has 0 bridgehead atoms. The normalized spacial score (nSPS) is 10.5. The summed E-state index contributed by atoms with van der Waals surface area (Å²) in [6.07, 6.45) is 3.54. The van der Waals surface area contributed by atoms with Crippen molar-refractivity contribution in [1.29, 1.82) is 0 Å². The second-order valence-corrected chi connectivity index (χ2v) is 8.04. The maximum absolute atomic E-state index is 13.3. The summed E-state index contributed by atoms with van der Waals surface area (Å²) in [6.45, 7) is 3.00. The Morgan fingerprint density at radius 2 is 1.41 bits per heavy atom. The van der Waals surface area contributed by atoms with Crippen LogP contribution in [0.15, 0.2) is 103 Å². The van der Waals surface area contributed by atoms with E-state index in [4.69, 9.17) is 0 Å². The molecule has 0 spiro atoms. The third kappa shape index (κ3) is 5.21. The Hall–Kier alpha value is -4.25. The van der Waals surface area contributed by atoms with Crippen molar-refractivity contribution in [3.05, 3.63) is 120 Å². The highest BCUT2D eigenvalue weighted by Crippen LogP contribution is 2.21. The van der Waals surface area contributed by atoms with Crippen LogP contribution in [-0.2, 0) is 6.54 Å². The molecule has 4 rings (SSSR count). The molecule has 170 valence electrons. The molecule has 4 aromatic rings. The van der Waals surface area contributed by atoms with E-state index in [2.05, 4.69) is 17.1 Å². The van der Waals surface area contributed by atoms with E-state index in [1.54, 1.807) is 53.5 Å². The summed E-state index contributed by atoms with van der Waals surface area (Å²) in [7, 11) is 1.74. The van der Waals surface area contributed by atoms with Crippen LogP contribution in [0.1, 0.15) is 33.2 Å². The van der Waals surface area contributed by atoms with Crippen molar-refractivity contribution in [1.82, 2.24) is 9.88 Å². The highest BCUT2D eigenvalue weighted by atomic mass is 16.2. The minimum absolute atomic E-state index is 0.103. The van der Waals surface area contributed by atoms with Crippen LogP contribution in [0, 0.1) is 0 Å². The van der Waals surface area contributed by atoms with E-state index in [1.807, 2.05) is 61.5 Å². The van der Waals surface area contributed by atoms with Crippen molar-refractivity contribution in [2.45, 2.75) is 13.5 Å². The van der Waals surface area contributed by atoms with E-state index in [0.29, 0.717) is 24.2 Å². The molecule has 0 fully saturated rings. The van der Waals surface area contributed by atoms with Gasteiger partial charge in [0.15, 0.2) is 0 Å². The van der Waals surface area contributed by atoms with Gasteiger partial charge in [-0.05, 0) is 72.1 Å². The van der Waals surface area contributed by atoms with Crippen molar-refractivity contribution in [3.63, 3.8) is 0 Å². The summed E-state index contributed by atoms with van der Waals surface area (Å²) >= 11 is 0. The topological polar surface area (TPSA) is 53.5 Å². The molecule has 1 heterocycles. The number of anilines is 1. The summed E-state index contributed by atoms with van der Waals surface area (Å²) in [5, 5.41) is 0. The summed E-state index contributed by atoms with van der Waals surface area (Å²) in [5.41, 5.74) is 4.99. The molecule has 0 unspecified atom stereocenters. The third-order valence-corrected chi connectivity index (χ3v) is 5.79. The molecule has 0 saturated carbocycles. The fourth-order valence-electron chi connectivity index (χ4n) is 3.87. The molecule has 2 amide bonds. The average Bonchev–Trinajstić information content (AvgIpc) is 2.91. The monoisotopic (exact) mass is 449 g/mol. The van der Waals surface area contributed by atoms with Gasteiger partial charge in [-0.15, -0.1) is 0 Å². The van der Waals surface area contributed by atoms with Crippen molar-refractivity contribution in [3.8, 4) is 11.1 Å². The van der Waals surface area contributed by atoms with E-state index >= 15 is 0 Å². The number of rotatable bonds is 7. The van der Waals surface area contributed by atoms with Crippen LogP contribution >= 0.6 is 0 Å². The Labute approximate surface area is 200 Å². The van der Waals surface area contributed by atoms with Crippen LogP contribution < -0.4 is 4.90 Å². The minimum atomic E-state index is -0.158. The largest absolute Gasteiger partial charge is 0.335 e. The summed E-state index contributed by atoms with van der Waals surface area (Å²) in [6, 6.07) is 28.5. The summed E-state index contributed by atoms with van der Waals surface area (Å²) in [5.74, 6) is -0.261. The first-order valence-electron chi connectivity index (χ1n) is 11.3. The highest BCUT2D eigenvalue weighted by Gasteiger charge is 2.19. The van der Waals surface area contributed by atoms with Gasteiger partial charge in [-0.25, -0.2) is 0 Å². The number of para-hydroxylation sites is 1. The molecule has 5 heteroatoms. The first kappa shape index (κ1) is 22.9. The number of pyridine rings is 1. The zero-order chi connectivity index (χ0) is 23.9. The van der Waals surface area contributed by atoms with Gasteiger partial charge in [0.05, 0.1) is 0 Å². The molecular formula is C29H27N3O2. The van der Waals surface area contributed by atoms with Crippen LogP contribution in [0.25, 0.3) is 11.1 Å². The Morgan fingerprint density at radius 1 is 0.735 bits per heavy atom. The number of hydrogen-bond donors (Lipinski definition) is 0. The average molecular weight is 450 g/mol. The fourth-order valence-corrected chi connectivity index (χ4v) is 3.87. The van der Waals surface area contributed by atoms with Gasteiger partial charge in [-0.3, -0.25) is 14.6 Å². The molecule has 3 aromatic carbocycles. The quantitative estimate of drug-likeness (QED) is 0.364. The zero-order valence-corrected chi connectivity index (χ0v) is 19.4. The van der Waals surface area contributed by atoms with Gasteiger partial charge in [0.2, 0.25) is 0 Å². The van der Waals surface area contributed by atoms with Gasteiger partial charge < -0.3 is 9.80 Å². The molecule has 0 saturated heterocycles. The molecule has 0 aliphatic heterocycles. The summed E-state index contributed by atoms with van der Waals surface area (Å²) < 4.78 is 0. The Kier molecular flexibility index (Phi) is 7.13. The second kappa shape index (κ2) is 10.6. The Bertz CT molecular complexity index is 1270. The number of hydrogen-bond acceptors (Lipinski definition) is 3. The van der Waals surface area contributed by atoms with E-state index in [-0.39, 0.29) is 11.8 Å².